The molecule has 11 heteroatoms. The van der Waals surface area contributed by atoms with Crippen molar-refractivity contribution in [1.82, 2.24) is 19.4 Å². The molecule has 4 aliphatic rings. The maximum absolute atomic E-state index is 12.9. The number of rotatable bonds is 5. The molecule has 6 rings (SSSR count). The van der Waals surface area contributed by atoms with E-state index in [9.17, 15) is 9.59 Å². The maximum Gasteiger partial charge on any atom is 0.354 e. The van der Waals surface area contributed by atoms with E-state index >= 15 is 0 Å². The fourth-order valence-electron chi connectivity index (χ4n) is 6.33. The first-order valence-corrected chi connectivity index (χ1v) is 13.2. The van der Waals surface area contributed by atoms with Gasteiger partial charge in [-0.05, 0) is 49.4 Å². The molecule has 1 aromatic heterocycles. The summed E-state index contributed by atoms with van der Waals surface area (Å²) in [5.41, 5.74) is 17.2. The highest BCUT2D eigenvalue weighted by molar-refractivity contribution is 5.85. The zero-order valence-corrected chi connectivity index (χ0v) is 22.1. The Balaban J connectivity index is 0.000000937. The van der Waals surface area contributed by atoms with Gasteiger partial charge in [0.2, 0.25) is 12.3 Å². The minimum atomic E-state index is -0.842. The average molecular weight is 523 g/mol. The van der Waals surface area contributed by atoms with Crippen molar-refractivity contribution in [2.45, 2.75) is 32.0 Å². The Morgan fingerprint density at radius 1 is 1.03 bits per heavy atom. The molecule has 1 aliphatic carbocycles. The number of carbonyl (C=O) groups is 2. The number of primary amides is 1. The van der Waals surface area contributed by atoms with E-state index < -0.39 is 5.54 Å². The van der Waals surface area contributed by atoms with Crippen LogP contribution in [0.4, 0.5) is 5.82 Å². The Labute approximate surface area is 222 Å². The Morgan fingerprint density at radius 3 is 2.13 bits per heavy atom. The summed E-state index contributed by atoms with van der Waals surface area (Å²) in [6.07, 6.45) is 2.07. The highest BCUT2D eigenvalue weighted by Crippen LogP contribution is 2.44. The second-order valence-corrected chi connectivity index (χ2v) is 11.7. The number of anilines is 1. The number of amides is 2. The molecule has 4 fully saturated rings. The fraction of sp³-hybridized carbons (Fsp3) is 0.556. The van der Waals surface area contributed by atoms with Gasteiger partial charge in [0.25, 0.3) is 0 Å². The van der Waals surface area contributed by atoms with Crippen LogP contribution < -0.4 is 27.8 Å². The summed E-state index contributed by atoms with van der Waals surface area (Å²) in [6, 6.07) is 10.5. The molecular weight excluding hydrogens is 484 g/mol. The molecule has 2 amide bonds. The van der Waals surface area contributed by atoms with E-state index in [0.717, 1.165) is 51.5 Å². The van der Waals surface area contributed by atoms with Crippen molar-refractivity contribution >= 4 is 18.1 Å². The van der Waals surface area contributed by atoms with Gasteiger partial charge < -0.3 is 27.0 Å². The zero-order chi connectivity index (χ0) is 27.2. The number of piperidine rings is 1. The lowest BCUT2D eigenvalue weighted by Crippen LogP contribution is -2.51. The molecule has 3 saturated heterocycles. The second-order valence-electron chi connectivity index (χ2n) is 11.7. The molecule has 4 unspecified atom stereocenters. The van der Waals surface area contributed by atoms with E-state index in [4.69, 9.17) is 16.3 Å². The molecule has 2 aromatic rings. The van der Waals surface area contributed by atoms with Crippen LogP contribution in [-0.2, 0) is 16.1 Å². The predicted octanol–water partition coefficient (Wildman–Crippen LogP) is -0.645. The third-order valence-electron chi connectivity index (χ3n) is 8.39. The molecule has 3 aliphatic heterocycles. The molecule has 1 saturated carbocycles. The lowest BCUT2D eigenvalue weighted by Gasteiger charge is -2.27. The lowest BCUT2D eigenvalue weighted by molar-refractivity contribution is -0.135. The Bertz CT molecular complexity index is 1210. The zero-order valence-electron chi connectivity index (χ0n) is 22.1. The number of aromatic nitrogens is 2. The van der Waals surface area contributed by atoms with Crippen LogP contribution in [0.2, 0.25) is 0 Å². The van der Waals surface area contributed by atoms with Gasteiger partial charge in [-0.15, -0.1) is 0 Å². The van der Waals surface area contributed by atoms with E-state index in [-0.39, 0.29) is 18.0 Å². The summed E-state index contributed by atoms with van der Waals surface area (Å²) in [6.45, 7) is 9.66. The number of carbonyl (C=O) groups excluding carboxylic acids is 2. The minimum absolute atomic E-state index is 0.00595. The standard InChI is InChI=1S/C26H35N7O2.CH3NO/c1-26(2,28)24(34)32-12-17-10-31(11-18(17)13-32)22-7-8-33(25(35)29-22)19-5-3-16(4-6-19)9-30-14-20-21(15-30)23(20)27;2-1-3/h3-8,17-18,20-21,23H,9-15,27-28H2,1-2H3;1H,(H2,2,3). The van der Waals surface area contributed by atoms with Gasteiger partial charge in [-0.1, -0.05) is 12.1 Å². The number of benzene rings is 1. The van der Waals surface area contributed by atoms with Gasteiger partial charge in [0.05, 0.1) is 11.2 Å². The van der Waals surface area contributed by atoms with Crippen LogP contribution >= 0.6 is 0 Å². The first-order chi connectivity index (χ1) is 18.1. The maximum atomic E-state index is 12.9. The molecule has 0 spiro atoms. The highest BCUT2D eigenvalue weighted by atomic mass is 16.2. The summed E-state index contributed by atoms with van der Waals surface area (Å²) in [4.78, 5) is 44.9. The number of hydrogen-bond acceptors (Lipinski definition) is 8. The van der Waals surface area contributed by atoms with E-state index in [1.807, 2.05) is 29.3 Å². The van der Waals surface area contributed by atoms with Crippen molar-refractivity contribution < 1.29 is 9.59 Å². The molecule has 1 aromatic carbocycles. The van der Waals surface area contributed by atoms with Gasteiger partial charge in [0.1, 0.15) is 5.82 Å². The van der Waals surface area contributed by atoms with E-state index in [0.29, 0.717) is 35.5 Å². The third kappa shape index (κ3) is 5.18. The van der Waals surface area contributed by atoms with Crippen LogP contribution in [0, 0.1) is 23.7 Å². The van der Waals surface area contributed by atoms with E-state index in [1.165, 1.54) is 5.56 Å². The first-order valence-electron chi connectivity index (χ1n) is 13.2. The highest BCUT2D eigenvalue weighted by Gasteiger charge is 2.53. The van der Waals surface area contributed by atoms with Gasteiger partial charge in [-0.2, -0.15) is 4.98 Å². The van der Waals surface area contributed by atoms with Crippen LogP contribution in [0.1, 0.15) is 19.4 Å². The lowest BCUT2D eigenvalue weighted by atomic mass is 10.0. The summed E-state index contributed by atoms with van der Waals surface area (Å²) < 4.78 is 1.60. The van der Waals surface area contributed by atoms with E-state index in [2.05, 4.69) is 32.7 Å². The predicted molar refractivity (Wildman–Crippen MR) is 144 cm³/mol. The van der Waals surface area contributed by atoms with Gasteiger partial charge in [0.15, 0.2) is 0 Å². The number of likely N-dealkylation sites (tertiary alicyclic amines) is 2. The van der Waals surface area contributed by atoms with Crippen LogP contribution in [0.15, 0.2) is 41.3 Å². The average Bonchev–Trinajstić information content (AvgIpc) is 3.30. The first kappa shape index (κ1) is 26.3. The molecule has 38 heavy (non-hydrogen) atoms. The molecule has 0 bridgehead atoms. The van der Waals surface area contributed by atoms with Crippen molar-refractivity contribution in [2.75, 3.05) is 44.2 Å². The number of nitrogens with zero attached hydrogens (tertiary/aromatic N) is 5. The normalized spacial score (nSPS) is 27.9. The van der Waals surface area contributed by atoms with Crippen molar-refractivity contribution in [1.29, 1.82) is 0 Å². The monoisotopic (exact) mass is 522 g/mol. The smallest absolute Gasteiger partial charge is 0.354 e. The molecule has 11 nitrogen and oxygen atoms in total. The summed E-state index contributed by atoms with van der Waals surface area (Å²) in [5.74, 6) is 2.86. The van der Waals surface area contributed by atoms with Crippen molar-refractivity contribution in [3.63, 3.8) is 0 Å². The summed E-state index contributed by atoms with van der Waals surface area (Å²) in [5, 5.41) is 0. The molecule has 6 N–H and O–H groups in total. The number of hydrogen-bond donors (Lipinski definition) is 3. The van der Waals surface area contributed by atoms with Crippen LogP contribution in [0.5, 0.6) is 0 Å². The van der Waals surface area contributed by atoms with E-state index in [1.54, 1.807) is 18.4 Å². The summed E-state index contributed by atoms with van der Waals surface area (Å²) in [7, 11) is 0. The number of nitrogens with two attached hydrogens (primary N) is 3. The van der Waals surface area contributed by atoms with Crippen LogP contribution in [-0.4, -0.2) is 82.5 Å². The quantitative estimate of drug-likeness (QED) is 0.438. The van der Waals surface area contributed by atoms with Gasteiger partial charge in [0, 0.05) is 69.9 Å². The number of fused-ring (bicyclic) bond motifs is 2. The van der Waals surface area contributed by atoms with Gasteiger partial charge in [-0.25, -0.2) is 4.79 Å². The van der Waals surface area contributed by atoms with Gasteiger partial charge in [-0.3, -0.25) is 19.1 Å². The van der Waals surface area contributed by atoms with Crippen molar-refractivity contribution in [2.24, 2.45) is 40.9 Å². The molecule has 4 atom stereocenters. The Morgan fingerprint density at radius 2 is 1.61 bits per heavy atom. The van der Waals surface area contributed by atoms with Gasteiger partial charge >= 0.3 is 5.69 Å². The topological polar surface area (TPSA) is 157 Å². The van der Waals surface area contributed by atoms with Crippen LogP contribution in [0.3, 0.4) is 0 Å². The summed E-state index contributed by atoms with van der Waals surface area (Å²) >= 11 is 0. The second kappa shape index (κ2) is 10.1. The molecular formula is C27H38N8O3. The molecule has 0 radical (unpaired) electrons. The SMILES string of the molecule is CC(C)(N)C(=O)N1CC2CN(c3ccn(-c4ccc(CN5CC6C(N)C6C5)cc4)c(=O)n3)CC2C1.NC=O. The third-order valence-corrected chi connectivity index (χ3v) is 8.39. The van der Waals surface area contributed by atoms with Crippen LogP contribution in [0.25, 0.3) is 5.69 Å². The Hall–Kier alpha value is -3.28. The minimum Gasteiger partial charge on any atom is -0.372 e. The fourth-order valence-corrected chi connectivity index (χ4v) is 6.33. The van der Waals surface area contributed by atoms with Crippen molar-refractivity contribution in [3.05, 3.63) is 52.6 Å². The van der Waals surface area contributed by atoms with Crippen molar-refractivity contribution in [3.8, 4) is 5.69 Å². The Kier molecular flexibility index (Phi) is 7.01. The molecule has 204 valence electrons. The molecule has 4 heterocycles. The largest absolute Gasteiger partial charge is 0.372 e.